The molecule has 4 aromatic rings. The van der Waals surface area contributed by atoms with Crippen molar-refractivity contribution in [3.63, 3.8) is 0 Å². The monoisotopic (exact) mass is 537 g/mol. The van der Waals surface area contributed by atoms with Gasteiger partial charge in [0.15, 0.2) is 5.69 Å². The van der Waals surface area contributed by atoms with E-state index in [0.717, 1.165) is 29.1 Å². The molecule has 0 aliphatic rings. The van der Waals surface area contributed by atoms with Crippen LogP contribution in [0.25, 0.3) is 28.1 Å². The van der Waals surface area contributed by atoms with E-state index in [0.29, 0.717) is 11.1 Å². The van der Waals surface area contributed by atoms with Crippen molar-refractivity contribution in [3.8, 4) is 28.1 Å². The van der Waals surface area contributed by atoms with Crippen LogP contribution in [0.3, 0.4) is 0 Å². The fraction of sp³-hybridized carbons (Fsp3) is 0.0909. The molecule has 2 heterocycles. The molecule has 2 aromatic heterocycles. The van der Waals surface area contributed by atoms with Crippen molar-refractivity contribution in [1.82, 2.24) is 14.8 Å². The predicted molar refractivity (Wildman–Crippen MR) is 127 cm³/mol. The van der Waals surface area contributed by atoms with Crippen molar-refractivity contribution in [3.05, 3.63) is 78.8 Å². The Labute approximate surface area is 204 Å². The van der Waals surface area contributed by atoms with Gasteiger partial charge in [-0.3, -0.25) is 9.71 Å². The molecule has 9 nitrogen and oxygen atoms in total. The summed E-state index contributed by atoms with van der Waals surface area (Å²) in [5.41, 5.74) is 0.168. The summed E-state index contributed by atoms with van der Waals surface area (Å²) in [5, 5.41) is 8.79. The van der Waals surface area contributed by atoms with Crippen LogP contribution in [0.5, 0.6) is 0 Å². The molecule has 0 unspecified atom stereocenters. The minimum Gasteiger partial charge on any atom is -0.283 e. The van der Waals surface area contributed by atoms with Gasteiger partial charge in [-0.1, -0.05) is 6.07 Å². The number of benzene rings is 2. The molecule has 2 aromatic carbocycles. The number of alkyl halides is 3. The quantitative estimate of drug-likeness (QED) is 0.385. The Kier molecular flexibility index (Phi) is 6.36. The first-order chi connectivity index (χ1) is 16.7. The number of rotatable bonds is 6. The highest BCUT2D eigenvalue weighted by molar-refractivity contribution is 7.92. The average Bonchev–Trinajstić information content (AvgIpc) is 3.24. The second-order valence-electron chi connectivity index (χ2n) is 7.73. The molecule has 36 heavy (non-hydrogen) atoms. The summed E-state index contributed by atoms with van der Waals surface area (Å²) in [5.74, 6) is 0. The largest absolute Gasteiger partial charge is 0.435 e. The first kappa shape index (κ1) is 25.3. The molecule has 0 fully saturated rings. The van der Waals surface area contributed by atoms with Crippen LogP contribution in [-0.4, -0.2) is 37.9 Å². The minimum absolute atomic E-state index is 0.0198. The second kappa shape index (κ2) is 9.04. The third-order valence-electron chi connectivity index (χ3n) is 5.01. The van der Waals surface area contributed by atoms with Crippen LogP contribution >= 0.6 is 0 Å². The van der Waals surface area contributed by atoms with Crippen LogP contribution in [0.4, 0.5) is 18.9 Å². The summed E-state index contributed by atoms with van der Waals surface area (Å²) in [4.78, 5) is 3.70. The Morgan fingerprint density at radius 1 is 0.889 bits per heavy atom. The highest BCUT2D eigenvalue weighted by atomic mass is 32.2. The van der Waals surface area contributed by atoms with E-state index in [9.17, 15) is 30.0 Å². The average molecular weight is 538 g/mol. The summed E-state index contributed by atoms with van der Waals surface area (Å²) in [6, 6.07) is 13.5. The van der Waals surface area contributed by atoms with Crippen molar-refractivity contribution in [2.24, 2.45) is 5.14 Å². The van der Waals surface area contributed by atoms with E-state index in [2.05, 4.69) is 14.8 Å². The molecule has 188 valence electrons. The molecule has 0 saturated heterocycles. The lowest BCUT2D eigenvalue weighted by molar-refractivity contribution is -0.141. The molecule has 3 N–H and O–H groups in total. The lowest BCUT2D eigenvalue weighted by Gasteiger charge is -2.15. The molecule has 0 amide bonds. The van der Waals surface area contributed by atoms with Gasteiger partial charge in [0.05, 0.1) is 28.2 Å². The lowest BCUT2D eigenvalue weighted by Crippen LogP contribution is -2.12. The molecule has 0 atom stereocenters. The van der Waals surface area contributed by atoms with Crippen LogP contribution in [0.15, 0.2) is 78.0 Å². The fourth-order valence-corrected chi connectivity index (χ4v) is 4.55. The summed E-state index contributed by atoms with van der Waals surface area (Å²) in [7, 11) is -7.84. The number of hydrogen-bond acceptors (Lipinski definition) is 6. The first-order valence-electron chi connectivity index (χ1n) is 10.1. The highest BCUT2D eigenvalue weighted by Gasteiger charge is 2.35. The van der Waals surface area contributed by atoms with Gasteiger partial charge in [-0.25, -0.2) is 26.7 Å². The molecule has 4 rings (SSSR count). The first-order valence-corrected chi connectivity index (χ1v) is 13.5. The fourth-order valence-electron chi connectivity index (χ4n) is 3.45. The minimum atomic E-state index is -4.81. The van der Waals surface area contributed by atoms with E-state index in [1.165, 1.54) is 36.7 Å². The van der Waals surface area contributed by atoms with Crippen molar-refractivity contribution in [2.45, 2.75) is 11.1 Å². The van der Waals surface area contributed by atoms with Gasteiger partial charge in [0.2, 0.25) is 20.0 Å². The maximum absolute atomic E-state index is 13.7. The molecule has 0 aliphatic heterocycles. The Bertz CT molecular complexity index is 1640. The van der Waals surface area contributed by atoms with Crippen molar-refractivity contribution >= 4 is 25.7 Å². The molecule has 0 spiro atoms. The lowest BCUT2D eigenvalue weighted by atomic mass is 10.0. The maximum Gasteiger partial charge on any atom is 0.435 e. The number of aromatic nitrogens is 3. The summed E-state index contributed by atoms with van der Waals surface area (Å²) in [6.07, 6.45) is -0.820. The second-order valence-corrected chi connectivity index (χ2v) is 11.0. The summed E-state index contributed by atoms with van der Waals surface area (Å²) < 4.78 is 91.4. The Balaban J connectivity index is 1.98. The van der Waals surface area contributed by atoms with E-state index in [4.69, 9.17) is 5.14 Å². The van der Waals surface area contributed by atoms with E-state index in [1.54, 1.807) is 18.2 Å². The number of primary sulfonamides is 1. The number of hydrogen-bond donors (Lipinski definition) is 2. The van der Waals surface area contributed by atoms with Gasteiger partial charge in [-0.15, -0.1) is 0 Å². The third-order valence-corrected chi connectivity index (χ3v) is 6.53. The highest BCUT2D eigenvalue weighted by Crippen LogP contribution is 2.38. The molecule has 0 saturated carbocycles. The number of nitrogens with two attached hydrogens (primary N) is 1. The van der Waals surface area contributed by atoms with E-state index in [1.807, 2.05) is 0 Å². The molecule has 0 aliphatic carbocycles. The molecular formula is C22H18F3N5O4S2. The summed E-state index contributed by atoms with van der Waals surface area (Å²) in [6.45, 7) is 0. The van der Waals surface area contributed by atoms with Gasteiger partial charge in [-0.2, -0.15) is 18.3 Å². The maximum atomic E-state index is 13.7. The zero-order valence-electron chi connectivity index (χ0n) is 18.4. The smallest absolute Gasteiger partial charge is 0.283 e. The number of sulfonamides is 2. The van der Waals surface area contributed by atoms with Crippen LogP contribution in [0.2, 0.25) is 0 Å². The Hall–Kier alpha value is -3.75. The number of anilines is 1. The van der Waals surface area contributed by atoms with Gasteiger partial charge in [0, 0.05) is 18.0 Å². The standard InChI is InChI=1S/C22H18F3N5O4S2/c1-35(31,32)29-19-7-2-15(14-8-10-27-11-9-14)12-18(19)20-13-21(22(23,24)25)28-30(20)16-3-5-17(6-4-16)36(26,33)34/h2-13,29H,1H3,(H2,26,33,34). The number of nitrogens with one attached hydrogen (secondary N) is 1. The Morgan fingerprint density at radius 3 is 2.08 bits per heavy atom. The van der Waals surface area contributed by atoms with E-state index < -0.39 is 31.9 Å². The molecule has 0 radical (unpaired) electrons. The Morgan fingerprint density at radius 2 is 1.53 bits per heavy atom. The normalized spacial score (nSPS) is 12.5. The van der Waals surface area contributed by atoms with Gasteiger partial charge in [0.1, 0.15) is 0 Å². The van der Waals surface area contributed by atoms with Crippen molar-refractivity contribution in [1.29, 1.82) is 0 Å². The predicted octanol–water partition coefficient (Wildman–Crippen LogP) is 3.64. The molecule has 0 bridgehead atoms. The SMILES string of the molecule is CS(=O)(=O)Nc1ccc(-c2ccncc2)cc1-c1cc(C(F)(F)F)nn1-c1ccc(S(N)(=O)=O)cc1. The van der Waals surface area contributed by atoms with E-state index in [-0.39, 0.29) is 27.5 Å². The zero-order chi connectivity index (χ0) is 26.3. The zero-order valence-corrected chi connectivity index (χ0v) is 20.1. The van der Waals surface area contributed by atoms with Crippen LogP contribution in [0, 0.1) is 0 Å². The van der Waals surface area contributed by atoms with Gasteiger partial charge >= 0.3 is 6.18 Å². The number of pyridine rings is 1. The topological polar surface area (TPSA) is 137 Å². The number of halogens is 3. The van der Waals surface area contributed by atoms with Crippen LogP contribution in [-0.2, 0) is 26.2 Å². The van der Waals surface area contributed by atoms with Gasteiger partial charge < -0.3 is 0 Å². The van der Waals surface area contributed by atoms with Crippen LogP contribution < -0.4 is 9.86 Å². The molecular weight excluding hydrogens is 519 g/mol. The van der Waals surface area contributed by atoms with Crippen LogP contribution in [0.1, 0.15) is 5.69 Å². The van der Waals surface area contributed by atoms with Gasteiger partial charge in [0.25, 0.3) is 0 Å². The van der Waals surface area contributed by atoms with Crippen molar-refractivity contribution < 1.29 is 30.0 Å². The number of nitrogens with zero attached hydrogens (tertiary/aromatic N) is 3. The van der Waals surface area contributed by atoms with E-state index >= 15 is 0 Å². The van der Waals surface area contributed by atoms with Gasteiger partial charge in [-0.05, 0) is 65.7 Å². The molecule has 14 heteroatoms. The third kappa shape index (κ3) is 5.56. The van der Waals surface area contributed by atoms with Crippen molar-refractivity contribution in [2.75, 3.05) is 11.0 Å². The summed E-state index contributed by atoms with van der Waals surface area (Å²) >= 11 is 0.